The molecule has 3 heterocycles. The van der Waals surface area contributed by atoms with Crippen LogP contribution in [0, 0.1) is 5.92 Å². The average molecular weight is 523 g/mol. The number of carbonyl (C=O) groups is 1. The fraction of sp³-hybridized carbons (Fsp3) is 0.364. The second-order valence-corrected chi connectivity index (χ2v) is 8.76. The lowest BCUT2D eigenvalue weighted by atomic mass is 9.82. The van der Waals surface area contributed by atoms with E-state index in [1.165, 1.54) is 12.1 Å². The Labute approximate surface area is 196 Å². The van der Waals surface area contributed by atoms with Crippen LogP contribution in [0.2, 0.25) is 0 Å². The number of rotatable bonds is 2. The quantitative estimate of drug-likeness (QED) is 0.550. The molecule has 36 heavy (non-hydrogen) atoms. The minimum Gasteiger partial charge on any atom is -0.386 e. The van der Waals surface area contributed by atoms with Crippen LogP contribution in [0.15, 0.2) is 41.6 Å². The molecule has 3 aliphatic heterocycles. The Hall–Kier alpha value is -3.29. The van der Waals surface area contributed by atoms with Gasteiger partial charge in [0.2, 0.25) is 0 Å². The van der Waals surface area contributed by atoms with Crippen molar-refractivity contribution in [3.63, 3.8) is 0 Å². The molecule has 0 saturated carbocycles. The van der Waals surface area contributed by atoms with E-state index in [0.717, 1.165) is 6.07 Å². The Bertz CT molecular complexity index is 1240. The van der Waals surface area contributed by atoms with Gasteiger partial charge in [0.15, 0.2) is 6.10 Å². The molecular formula is C22H14F9N3O2. The molecule has 0 bridgehead atoms. The fourth-order valence-corrected chi connectivity index (χ4v) is 4.64. The van der Waals surface area contributed by atoms with Gasteiger partial charge in [0, 0.05) is 24.2 Å². The molecule has 2 aromatic rings. The van der Waals surface area contributed by atoms with E-state index >= 15 is 0 Å². The summed E-state index contributed by atoms with van der Waals surface area (Å²) in [7, 11) is 0. The van der Waals surface area contributed by atoms with Gasteiger partial charge in [-0.1, -0.05) is 17.3 Å². The monoisotopic (exact) mass is 523 g/mol. The Morgan fingerprint density at radius 1 is 0.889 bits per heavy atom. The minimum absolute atomic E-state index is 0.0968. The lowest BCUT2D eigenvalue weighted by Gasteiger charge is -2.39. The molecule has 0 aliphatic carbocycles. The molecule has 2 atom stereocenters. The fourth-order valence-electron chi connectivity index (χ4n) is 4.64. The molecule has 3 aliphatic rings. The number of oxime groups is 1. The Kier molecular flexibility index (Phi) is 5.16. The summed E-state index contributed by atoms with van der Waals surface area (Å²) in [5, 5.41) is 9.15. The second kappa shape index (κ2) is 7.60. The summed E-state index contributed by atoms with van der Waals surface area (Å²) >= 11 is 0. The minimum atomic E-state index is -5.26. The zero-order chi connectivity index (χ0) is 26.3. The van der Waals surface area contributed by atoms with Crippen LogP contribution in [-0.2, 0) is 22.7 Å². The van der Waals surface area contributed by atoms with Crippen LogP contribution in [0.25, 0.3) is 0 Å². The van der Waals surface area contributed by atoms with Gasteiger partial charge in [-0.2, -0.15) is 39.5 Å². The summed E-state index contributed by atoms with van der Waals surface area (Å²) in [4.78, 5) is 17.2. The molecule has 1 saturated heterocycles. The molecule has 192 valence electrons. The van der Waals surface area contributed by atoms with Gasteiger partial charge in [0.1, 0.15) is 11.6 Å². The molecule has 0 aromatic heterocycles. The third-order valence-corrected chi connectivity index (χ3v) is 6.44. The standard InChI is InChI=1S/C22H14F9N3O2/c23-20(24,25)11-3-10(4-12(6-11)21(26,27)28)17-15(22(29,30)31)16(34-36-17)9-1-2-14-13(5-9)18(35)33-19(14)7-32-8-19/h1-6,15,17,32H,7-8H2,(H,33,35). The van der Waals surface area contributed by atoms with Crippen LogP contribution in [0.4, 0.5) is 39.5 Å². The highest BCUT2D eigenvalue weighted by Gasteiger charge is 2.55. The largest absolute Gasteiger partial charge is 0.416 e. The van der Waals surface area contributed by atoms with Crippen molar-refractivity contribution >= 4 is 11.6 Å². The summed E-state index contributed by atoms with van der Waals surface area (Å²) in [5.74, 6) is -3.22. The van der Waals surface area contributed by atoms with Crippen LogP contribution in [-0.4, -0.2) is 30.9 Å². The molecule has 1 amide bonds. The SMILES string of the molecule is O=C1NC2(CNC2)c2ccc(C3=NOC(c4cc(C(F)(F)F)cc(C(F)(F)F)c4)C3C(F)(F)F)cc21. The topological polar surface area (TPSA) is 62.7 Å². The van der Waals surface area contributed by atoms with E-state index < -0.39 is 64.4 Å². The van der Waals surface area contributed by atoms with E-state index in [4.69, 9.17) is 4.84 Å². The lowest BCUT2D eigenvalue weighted by molar-refractivity contribution is -0.177. The van der Waals surface area contributed by atoms with Crippen molar-refractivity contribution in [2.75, 3.05) is 13.1 Å². The van der Waals surface area contributed by atoms with Crippen molar-refractivity contribution in [1.29, 1.82) is 0 Å². The van der Waals surface area contributed by atoms with Gasteiger partial charge < -0.3 is 15.5 Å². The van der Waals surface area contributed by atoms with E-state index in [1.807, 2.05) is 0 Å². The summed E-state index contributed by atoms with van der Waals surface area (Å²) < 4.78 is 122. The van der Waals surface area contributed by atoms with E-state index in [1.54, 1.807) is 0 Å². The highest BCUT2D eigenvalue weighted by Crippen LogP contribution is 2.47. The van der Waals surface area contributed by atoms with Crippen molar-refractivity contribution in [2.45, 2.75) is 30.2 Å². The third kappa shape index (κ3) is 3.87. The van der Waals surface area contributed by atoms with E-state index in [2.05, 4.69) is 15.8 Å². The number of hydrogen-bond donors (Lipinski definition) is 2. The number of fused-ring (bicyclic) bond motifs is 2. The zero-order valence-electron chi connectivity index (χ0n) is 17.7. The van der Waals surface area contributed by atoms with Gasteiger partial charge in [-0.25, -0.2) is 0 Å². The zero-order valence-corrected chi connectivity index (χ0v) is 17.7. The molecule has 2 aromatic carbocycles. The molecular weight excluding hydrogens is 509 g/mol. The number of benzene rings is 2. The molecule has 14 heteroatoms. The van der Waals surface area contributed by atoms with Crippen molar-refractivity contribution in [3.05, 3.63) is 69.8 Å². The number of carbonyl (C=O) groups excluding carboxylic acids is 1. The molecule has 1 spiro atoms. The number of halogens is 9. The summed E-state index contributed by atoms with van der Waals surface area (Å²) in [6.07, 6.45) is -18.0. The van der Waals surface area contributed by atoms with Gasteiger partial charge in [-0.3, -0.25) is 4.79 Å². The third-order valence-electron chi connectivity index (χ3n) is 6.44. The van der Waals surface area contributed by atoms with Crippen LogP contribution in [0.3, 0.4) is 0 Å². The molecule has 0 radical (unpaired) electrons. The molecule has 5 nitrogen and oxygen atoms in total. The maximum Gasteiger partial charge on any atom is 0.416 e. The smallest absolute Gasteiger partial charge is 0.386 e. The first-order valence-electron chi connectivity index (χ1n) is 10.4. The van der Waals surface area contributed by atoms with E-state index in [-0.39, 0.29) is 29.3 Å². The van der Waals surface area contributed by atoms with Crippen LogP contribution < -0.4 is 10.6 Å². The Morgan fingerprint density at radius 3 is 2.00 bits per heavy atom. The van der Waals surface area contributed by atoms with Gasteiger partial charge in [-0.05, 0) is 35.4 Å². The lowest BCUT2D eigenvalue weighted by Crippen LogP contribution is -2.63. The summed E-state index contributed by atoms with van der Waals surface area (Å²) in [5.41, 5.74) is -5.53. The first-order valence-corrected chi connectivity index (χ1v) is 10.4. The van der Waals surface area contributed by atoms with Crippen LogP contribution in [0.5, 0.6) is 0 Å². The molecule has 1 fully saturated rings. The Morgan fingerprint density at radius 2 is 1.50 bits per heavy atom. The van der Waals surface area contributed by atoms with Crippen molar-refractivity contribution in [3.8, 4) is 0 Å². The Balaban J connectivity index is 1.57. The van der Waals surface area contributed by atoms with Gasteiger partial charge in [0.25, 0.3) is 5.91 Å². The average Bonchev–Trinajstić information content (AvgIpc) is 3.32. The first-order chi connectivity index (χ1) is 16.6. The normalized spacial score (nSPS) is 23.1. The number of nitrogens with one attached hydrogen (secondary N) is 2. The number of alkyl halides is 9. The van der Waals surface area contributed by atoms with Gasteiger partial charge in [0.05, 0.1) is 16.7 Å². The molecule has 2 N–H and O–H groups in total. The predicted molar refractivity (Wildman–Crippen MR) is 105 cm³/mol. The number of nitrogens with zero attached hydrogens (tertiary/aromatic N) is 1. The van der Waals surface area contributed by atoms with Crippen molar-refractivity contribution < 1.29 is 49.1 Å². The maximum atomic E-state index is 14.1. The van der Waals surface area contributed by atoms with E-state index in [9.17, 15) is 44.3 Å². The van der Waals surface area contributed by atoms with Crippen LogP contribution in [0.1, 0.15) is 44.3 Å². The number of amides is 1. The van der Waals surface area contributed by atoms with Gasteiger partial charge >= 0.3 is 18.5 Å². The maximum absolute atomic E-state index is 14.1. The first kappa shape index (κ1) is 24.4. The predicted octanol–water partition coefficient (Wildman–Crippen LogP) is 4.92. The van der Waals surface area contributed by atoms with Crippen LogP contribution >= 0.6 is 0 Å². The van der Waals surface area contributed by atoms with E-state index in [0.29, 0.717) is 18.7 Å². The number of hydrogen-bond acceptors (Lipinski definition) is 4. The highest BCUT2D eigenvalue weighted by molar-refractivity contribution is 6.07. The second-order valence-electron chi connectivity index (χ2n) is 8.76. The van der Waals surface area contributed by atoms with Crippen molar-refractivity contribution in [1.82, 2.24) is 10.6 Å². The highest BCUT2D eigenvalue weighted by atomic mass is 19.4. The van der Waals surface area contributed by atoms with Crippen molar-refractivity contribution in [2.24, 2.45) is 11.1 Å². The molecule has 5 rings (SSSR count). The summed E-state index contributed by atoms with van der Waals surface area (Å²) in [6.45, 7) is 0.832. The molecule has 2 unspecified atom stereocenters. The van der Waals surface area contributed by atoms with Gasteiger partial charge in [-0.15, -0.1) is 0 Å². The summed E-state index contributed by atoms with van der Waals surface area (Å²) in [6, 6.07) is 4.04.